The van der Waals surface area contributed by atoms with E-state index >= 15 is 0 Å². The number of carbonyl (C=O) groups excluding carboxylic acids is 4. The van der Waals surface area contributed by atoms with E-state index in [1.165, 1.54) is 14.2 Å². The van der Waals surface area contributed by atoms with Crippen LogP contribution in [-0.4, -0.2) is 87.1 Å². The fourth-order valence-electron chi connectivity index (χ4n) is 9.45. The van der Waals surface area contributed by atoms with E-state index in [0.717, 1.165) is 101 Å². The van der Waals surface area contributed by atoms with Crippen LogP contribution in [0, 0.1) is 5.92 Å². The Labute approximate surface area is 353 Å². The van der Waals surface area contributed by atoms with Crippen LogP contribution in [0.1, 0.15) is 91.7 Å². The number of nitrogens with one attached hydrogen (secondary N) is 4. The number of amides is 4. The van der Waals surface area contributed by atoms with Crippen LogP contribution in [0.4, 0.5) is 9.59 Å². The lowest BCUT2D eigenvalue weighted by atomic mass is 9.86. The zero-order valence-electron chi connectivity index (χ0n) is 34.7. The number of ether oxygens (including phenoxy) is 3. The first kappa shape index (κ1) is 39.8. The summed E-state index contributed by atoms with van der Waals surface area (Å²) in [7, 11) is 2.58. The van der Waals surface area contributed by atoms with Crippen molar-refractivity contribution in [2.45, 2.75) is 83.1 Å². The molecule has 9 rings (SSSR count). The fourth-order valence-corrected chi connectivity index (χ4v) is 9.45. The van der Waals surface area contributed by atoms with E-state index in [9.17, 15) is 19.2 Å². The maximum absolute atomic E-state index is 14.1. The Morgan fingerprint density at radius 2 is 1.49 bits per heavy atom. The van der Waals surface area contributed by atoms with Crippen molar-refractivity contribution >= 4 is 24.0 Å². The first-order valence-electron chi connectivity index (χ1n) is 21.0. The number of benzene rings is 3. The van der Waals surface area contributed by atoms with Crippen molar-refractivity contribution in [1.82, 2.24) is 40.4 Å². The second kappa shape index (κ2) is 16.4. The number of carbonyl (C=O) groups is 4. The number of aromatic amines is 2. The Morgan fingerprint density at radius 1 is 0.803 bits per heavy atom. The van der Waals surface area contributed by atoms with Crippen LogP contribution in [0.2, 0.25) is 0 Å². The van der Waals surface area contributed by atoms with Crippen LogP contribution in [0.25, 0.3) is 33.6 Å². The average molecular weight is 827 g/mol. The average Bonchev–Trinajstić information content (AvgIpc) is 4.13. The molecule has 5 aromatic rings. The number of rotatable bonds is 9. The van der Waals surface area contributed by atoms with Gasteiger partial charge in [0, 0.05) is 35.5 Å². The van der Waals surface area contributed by atoms with Gasteiger partial charge in [0.15, 0.2) is 0 Å². The van der Waals surface area contributed by atoms with Gasteiger partial charge in [0.1, 0.15) is 36.1 Å². The Morgan fingerprint density at radius 3 is 2.23 bits per heavy atom. The summed E-state index contributed by atoms with van der Waals surface area (Å²) in [6.45, 7) is 5.35. The van der Waals surface area contributed by atoms with Gasteiger partial charge in [0.25, 0.3) is 5.91 Å². The molecule has 1 aliphatic carbocycles. The van der Waals surface area contributed by atoms with Crippen molar-refractivity contribution in [1.29, 1.82) is 0 Å². The molecule has 2 fully saturated rings. The first-order valence-corrected chi connectivity index (χ1v) is 21.0. The fraction of sp³-hybridized carbons (Fsp3) is 0.391. The van der Waals surface area contributed by atoms with Crippen molar-refractivity contribution in [3.8, 4) is 39.4 Å². The molecule has 316 valence electrons. The summed E-state index contributed by atoms with van der Waals surface area (Å²) in [4.78, 5) is 72.8. The number of aromatic nitrogens is 4. The van der Waals surface area contributed by atoms with Crippen molar-refractivity contribution in [2.24, 2.45) is 5.92 Å². The van der Waals surface area contributed by atoms with Crippen molar-refractivity contribution in [3.05, 3.63) is 101 Å². The lowest BCUT2D eigenvalue weighted by molar-refractivity contribution is -0.135. The quantitative estimate of drug-likeness (QED) is 0.122. The third-order valence-corrected chi connectivity index (χ3v) is 12.5. The predicted octanol–water partition coefficient (Wildman–Crippen LogP) is 6.93. The Bertz CT molecular complexity index is 2500. The van der Waals surface area contributed by atoms with Gasteiger partial charge < -0.3 is 44.6 Å². The minimum Gasteiger partial charge on any atom is -0.488 e. The molecular weight excluding hydrogens is 777 g/mol. The molecule has 15 heteroatoms. The zero-order chi connectivity index (χ0) is 42.4. The molecule has 4 N–H and O–H groups in total. The van der Waals surface area contributed by atoms with E-state index in [4.69, 9.17) is 24.2 Å². The Balaban J connectivity index is 0.938. The maximum Gasteiger partial charge on any atom is 0.407 e. The molecular formula is C46H50N8O7. The van der Waals surface area contributed by atoms with Gasteiger partial charge in [-0.2, -0.15) is 0 Å². The van der Waals surface area contributed by atoms with Gasteiger partial charge in [-0.05, 0) is 78.8 Å². The molecule has 15 nitrogen and oxygen atoms in total. The third kappa shape index (κ3) is 7.35. The molecule has 0 bridgehead atoms. The van der Waals surface area contributed by atoms with Gasteiger partial charge in [-0.3, -0.25) is 9.59 Å². The van der Waals surface area contributed by atoms with Crippen molar-refractivity contribution < 1.29 is 33.4 Å². The summed E-state index contributed by atoms with van der Waals surface area (Å²) in [5, 5.41) is 5.45. The summed E-state index contributed by atoms with van der Waals surface area (Å²) in [5.74, 6) is 1.87. The van der Waals surface area contributed by atoms with E-state index < -0.39 is 24.3 Å². The maximum atomic E-state index is 14.1. The molecule has 0 unspecified atom stereocenters. The zero-order valence-corrected chi connectivity index (χ0v) is 34.7. The molecule has 0 saturated carbocycles. The predicted molar refractivity (Wildman–Crippen MR) is 225 cm³/mol. The molecule has 61 heavy (non-hydrogen) atoms. The van der Waals surface area contributed by atoms with Crippen LogP contribution >= 0.6 is 0 Å². The van der Waals surface area contributed by atoms with Gasteiger partial charge in [-0.15, -0.1) is 0 Å². The van der Waals surface area contributed by atoms with Gasteiger partial charge >= 0.3 is 12.2 Å². The lowest BCUT2D eigenvalue weighted by Gasteiger charge is -2.30. The highest BCUT2D eigenvalue weighted by Gasteiger charge is 2.40. The number of nitrogens with zero attached hydrogens (tertiary/aromatic N) is 4. The first-order chi connectivity index (χ1) is 29.6. The molecule has 3 aliphatic heterocycles. The highest BCUT2D eigenvalue weighted by molar-refractivity contribution is 5.88. The lowest BCUT2D eigenvalue weighted by Crippen LogP contribution is -2.51. The number of methoxy groups -OCH3 is 2. The monoisotopic (exact) mass is 826 g/mol. The number of alkyl carbamates (subject to hydrolysis) is 2. The number of hydrogen-bond donors (Lipinski definition) is 4. The highest BCUT2D eigenvalue weighted by atomic mass is 16.5. The largest absolute Gasteiger partial charge is 0.488 e. The summed E-state index contributed by atoms with van der Waals surface area (Å²) in [5.41, 5.74) is 9.78. The number of H-pyrrole nitrogens is 2. The van der Waals surface area contributed by atoms with Crippen LogP contribution < -0.4 is 15.4 Å². The Kier molecular flexibility index (Phi) is 10.7. The van der Waals surface area contributed by atoms with Crippen molar-refractivity contribution in [3.63, 3.8) is 0 Å². The van der Waals surface area contributed by atoms with E-state index in [1.807, 2.05) is 60.2 Å². The summed E-state index contributed by atoms with van der Waals surface area (Å²) >= 11 is 0. The number of hydrogen-bond acceptors (Lipinski definition) is 9. The highest BCUT2D eigenvalue weighted by Crippen LogP contribution is 2.47. The summed E-state index contributed by atoms with van der Waals surface area (Å²) in [6.07, 6.45) is 5.23. The molecule has 4 amide bonds. The molecule has 4 atom stereocenters. The minimum atomic E-state index is -0.888. The van der Waals surface area contributed by atoms with E-state index in [2.05, 4.69) is 50.9 Å². The van der Waals surface area contributed by atoms with Crippen molar-refractivity contribution in [2.75, 3.05) is 27.3 Å². The molecule has 4 aliphatic rings. The smallest absolute Gasteiger partial charge is 0.407 e. The normalized spacial score (nSPS) is 18.6. The third-order valence-electron chi connectivity index (χ3n) is 12.5. The SMILES string of the molecule is COC(=O)N[C@H](C(=O)N1CCC[C@H]1c1ncc(-c2ccc3c(c2)COc2c-3ccc3c2CCc2[nH]c([C@@H]4CCCN4C(=O)[C@H](NC(=O)OC)c4ccccc4)nc2-3)[nH]1)C(C)C. The van der Waals surface area contributed by atoms with Gasteiger partial charge in [-0.25, -0.2) is 19.6 Å². The van der Waals surface area contributed by atoms with Crippen LogP contribution in [-0.2, 0) is 38.5 Å². The van der Waals surface area contributed by atoms with E-state index in [0.29, 0.717) is 31.1 Å². The van der Waals surface area contributed by atoms with Crippen LogP contribution in [0.3, 0.4) is 0 Å². The topological polar surface area (TPSA) is 184 Å². The standard InChI is InChI=1S/C46H50N8O7/c1-25(2)37(51-45(57)59-3)43(55)53-20-8-12-35(53)41-47-23-34(49-41)27-14-15-29-28(22-27)24-61-40-31(29)17-16-30-32(40)18-19-33-39(30)50-42(48-33)36-13-9-21-54(36)44(56)38(52-46(58)60-4)26-10-6-5-7-11-26/h5-7,10-11,14-17,22-23,25,35-38H,8-9,12-13,18-21,24H2,1-4H3,(H,47,49)(H,48,50)(H,51,57)(H,52,58)/t35-,36-,37-,38+/m0/s1. The van der Waals surface area contributed by atoms with E-state index in [-0.39, 0.29) is 29.8 Å². The number of likely N-dealkylation sites (tertiary alicyclic amines) is 2. The molecule has 2 aromatic heterocycles. The molecule has 0 radical (unpaired) electrons. The minimum absolute atomic E-state index is 0.116. The van der Waals surface area contributed by atoms with E-state index in [1.54, 1.807) is 0 Å². The number of aryl methyl sites for hydroxylation is 1. The number of imidazole rings is 2. The molecule has 0 spiro atoms. The van der Waals surface area contributed by atoms with Gasteiger partial charge in [0.2, 0.25) is 5.91 Å². The van der Waals surface area contributed by atoms with Crippen LogP contribution in [0.15, 0.2) is 66.9 Å². The van der Waals surface area contributed by atoms with Crippen LogP contribution in [0.5, 0.6) is 5.75 Å². The van der Waals surface area contributed by atoms with Gasteiger partial charge in [0.05, 0.1) is 43.9 Å². The molecule has 3 aromatic carbocycles. The number of fused-ring (bicyclic) bond motifs is 7. The molecule has 5 heterocycles. The second-order valence-electron chi connectivity index (χ2n) is 16.5. The summed E-state index contributed by atoms with van der Waals surface area (Å²) < 4.78 is 16.2. The van der Waals surface area contributed by atoms with Gasteiger partial charge in [-0.1, -0.05) is 62.4 Å². The molecule has 2 saturated heterocycles. The second-order valence-corrected chi connectivity index (χ2v) is 16.5. The summed E-state index contributed by atoms with van der Waals surface area (Å²) in [6, 6.07) is 17.8. The Hall–Kier alpha value is -6.64.